The molecular weight excluding hydrogens is 378 g/mol. The maximum Gasteiger partial charge on any atom is 0.325 e. The van der Waals surface area contributed by atoms with Crippen molar-refractivity contribution >= 4 is 34.3 Å². The number of amides is 4. The molecule has 0 radical (unpaired) electrons. The normalized spacial score (nSPS) is 18.6. The number of hydrogen-bond acceptors (Lipinski definition) is 3. The maximum atomic E-state index is 13.1. The third-order valence-corrected chi connectivity index (χ3v) is 5.69. The fourth-order valence-electron chi connectivity index (χ4n) is 3.70. The van der Waals surface area contributed by atoms with Crippen molar-refractivity contribution in [3.05, 3.63) is 77.4 Å². The molecule has 6 nitrogen and oxygen atoms in total. The quantitative estimate of drug-likeness (QED) is 0.652. The van der Waals surface area contributed by atoms with Crippen LogP contribution in [0.25, 0.3) is 10.8 Å². The number of carbonyl (C=O) groups excluding carboxylic acids is 3. The number of carbonyl (C=O) groups is 3. The standard InChI is InChI=1S/C24H23N3O3/c1-15-8-11-20(12-16(15)2)25-21(28)14-27-22(29)24(3,26-23(27)30)19-10-9-17-6-4-5-7-18(17)13-19/h4-13H,14H2,1-3H3,(H,25,28)(H,26,30). The van der Waals surface area contributed by atoms with E-state index in [0.717, 1.165) is 26.8 Å². The average Bonchev–Trinajstić information content (AvgIpc) is 2.94. The van der Waals surface area contributed by atoms with Gasteiger partial charge in [-0.25, -0.2) is 4.79 Å². The van der Waals surface area contributed by atoms with Gasteiger partial charge in [-0.15, -0.1) is 0 Å². The number of urea groups is 1. The molecule has 0 aliphatic carbocycles. The number of nitrogens with zero attached hydrogens (tertiary/aromatic N) is 1. The molecule has 1 aliphatic heterocycles. The van der Waals surface area contributed by atoms with Crippen molar-refractivity contribution in [3.63, 3.8) is 0 Å². The summed E-state index contributed by atoms with van der Waals surface area (Å²) in [6.45, 7) is 5.26. The number of imide groups is 1. The van der Waals surface area contributed by atoms with Gasteiger partial charge < -0.3 is 10.6 Å². The molecule has 1 fully saturated rings. The van der Waals surface area contributed by atoms with Crippen LogP contribution in [0.3, 0.4) is 0 Å². The summed E-state index contributed by atoms with van der Waals surface area (Å²) in [6, 6.07) is 18.5. The number of fused-ring (bicyclic) bond motifs is 1. The van der Waals surface area contributed by atoms with Crippen molar-refractivity contribution in [2.45, 2.75) is 26.3 Å². The van der Waals surface area contributed by atoms with Crippen LogP contribution in [0.5, 0.6) is 0 Å². The van der Waals surface area contributed by atoms with Gasteiger partial charge in [0.05, 0.1) is 0 Å². The zero-order valence-corrected chi connectivity index (χ0v) is 17.2. The molecule has 2 N–H and O–H groups in total. The molecule has 4 amide bonds. The molecule has 4 rings (SSSR count). The summed E-state index contributed by atoms with van der Waals surface area (Å²) in [6.07, 6.45) is 0. The van der Waals surface area contributed by atoms with Gasteiger partial charge >= 0.3 is 6.03 Å². The predicted molar refractivity (Wildman–Crippen MR) is 116 cm³/mol. The second kappa shape index (κ2) is 7.30. The molecule has 1 heterocycles. The Kier molecular flexibility index (Phi) is 4.78. The minimum absolute atomic E-state index is 0.346. The van der Waals surface area contributed by atoms with Crippen LogP contribution in [0.2, 0.25) is 0 Å². The van der Waals surface area contributed by atoms with E-state index >= 15 is 0 Å². The summed E-state index contributed by atoms with van der Waals surface area (Å²) in [5.41, 5.74) is 2.26. The van der Waals surface area contributed by atoms with Crippen molar-refractivity contribution in [3.8, 4) is 0 Å². The summed E-state index contributed by atoms with van der Waals surface area (Å²) in [4.78, 5) is 39.1. The third-order valence-electron chi connectivity index (χ3n) is 5.69. The highest BCUT2D eigenvalue weighted by Gasteiger charge is 2.49. The zero-order valence-electron chi connectivity index (χ0n) is 17.2. The summed E-state index contributed by atoms with van der Waals surface area (Å²) < 4.78 is 0. The predicted octanol–water partition coefficient (Wildman–Crippen LogP) is 3.86. The van der Waals surface area contributed by atoms with E-state index in [2.05, 4.69) is 10.6 Å². The number of anilines is 1. The Morgan fingerprint density at radius 1 is 0.967 bits per heavy atom. The first-order valence-corrected chi connectivity index (χ1v) is 9.78. The lowest BCUT2D eigenvalue weighted by Crippen LogP contribution is -2.42. The molecule has 3 aromatic carbocycles. The number of hydrogen-bond donors (Lipinski definition) is 2. The van der Waals surface area contributed by atoms with Gasteiger partial charge in [-0.1, -0.05) is 42.5 Å². The Morgan fingerprint density at radius 3 is 2.43 bits per heavy atom. The lowest BCUT2D eigenvalue weighted by Gasteiger charge is -2.22. The van der Waals surface area contributed by atoms with Gasteiger partial charge in [-0.05, 0) is 66.4 Å². The highest BCUT2D eigenvalue weighted by molar-refractivity contribution is 6.10. The SMILES string of the molecule is Cc1ccc(NC(=O)CN2C(=O)NC(C)(c3ccc4ccccc4c3)C2=O)cc1C. The smallest absolute Gasteiger partial charge is 0.325 e. The van der Waals surface area contributed by atoms with Crippen molar-refractivity contribution in [1.82, 2.24) is 10.2 Å². The van der Waals surface area contributed by atoms with Crippen LogP contribution in [-0.2, 0) is 15.1 Å². The second-order valence-corrected chi connectivity index (χ2v) is 7.86. The fourth-order valence-corrected chi connectivity index (χ4v) is 3.70. The molecule has 0 aromatic heterocycles. The molecule has 0 spiro atoms. The molecule has 152 valence electrons. The van der Waals surface area contributed by atoms with E-state index in [0.29, 0.717) is 11.3 Å². The first-order chi connectivity index (χ1) is 14.3. The van der Waals surface area contributed by atoms with Crippen LogP contribution in [0.4, 0.5) is 10.5 Å². The summed E-state index contributed by atoms with van der Waals surface area (Å²) in [7, 11) is 0. The molecule has 1 atom stereocenters. The zero-order chi connectivity index (χ0) is 21.5. The van der Waals surface area contributed by atoms with E-state index in [-0.39, 0.29) is 6.54 Å². The van der Waals surface area contributed by atoms with Gasteiger partial charge in [0.2, 0.25) is 5.91 Å². The average molecular weight is 401 g/mol. The van der Waals surface area contributed by atoms with Gasteiger partial charge in [0.1, 0.15) is 12.1 Å². The van der Waals surface area contributed by atoms with E-state index in [1.54, 1.807) is 13.0 Å². The Morgan fingerprint density at radius 2 is 1.70 bits per heavy atom. The molecule has 6 heteroatoms. The number of benzene rings is 3. The minimum Gasteiger partial charge on any atom is -0.325 e. The monoisotopic (exact) mass is 401 g/mol. The highest BCUT2D eigenvalue weighted by Crippen LogP contribution is 2.31. The van der Waals surface area contributed by atoms with Gasteiger partial charge in [-0.3, -0.25) is 14.5 Å². The number of aryl methyl sites for hydroxylation is 2. The minimum atomic E-state index is -1.22. The van der Waals surface area contributed by atoms with Crippen LogP contribution in [0.1, 0.15) is 23.6 Å². The van der Waals surface area contributed by atoms with Crippen molar-refractivity contribution in [1.29, 1.82) is 0 Å². The van der Waals surface area contributed by atoms with Crippen molar-refractivity contribution < 1.29 is 14.4 Å². The molecule has 30 heavy (non-hydrogen) atoms. The molecule has 0 bridgehead atoms. The Balaban J connectivity index is 1.53. The van der Waals surface area contributed by atoms with E-state index in [1.807, 2.05) is 68.4 Å². The van der Waals surface area contributed by atoms with Crippen molar-refractivity contribution in [2.75, 3.05) is 11.9 Å². The Hall–Kier alpha value is -3.67. The van der Waals surface area contributed by atoms with E-state index in [9.17, 15) is 14.4 Å². The van der Waals surface area contributed by atoms with Crippen LogP contribution >= 0.6 is 0 Å². The van der Waals surface area contributed by atoms with E-state index in [1.165, 1.54) is 0 Å². The second-order valence-electron chi connectivity index (χ2n) is 7.86. The highest BCUT2D eigenvalue weighted by atomic mass is 16.2. The molecule has 1 saturated heterocycles. The Bertz CT molecular complexity index is 1190. The van der Waals surface area contributed by atoms with Crippen LogP contribution < -0.4 is 10.6 Å². The number of rotatable bonds is 4. The largest absolute Gasteiger partial charge is 0.325 e. The maximum absolute atomic E-state index is 13.1. The summed E-state index contributed by atoms with van der Waals surface area (Å²) >= 11 is 0. The first-order valence-electron chi connectivity index (χ1n) is 9.78. The van der Waals surface area contributed by atoms with Crippen molar-refractivity contribution in [2.24, 2.45) is 0 Å². The third kappa shape index (κ3) is 3.41. The van der Waals surface area contributed by atoms with Gasteiger partial charge in [-0.2, -0.15) is 0 Å². The van der Waals surface area contributed by atoms with Crippen LogP contribution in [0.15, 0.2) is 60.7 Å². The molecular formula is C24H23N3O3. The fraction of sp³-hybridized carbons (Fsp3) is 0.208. The molecule has 1 aliphatic rings. The molecule has 0 saturated carbocycles. The van der Waals surface area contributed by atoms with Gasteiger partial charge in [0.15, 0.2) is 0 Å². The lowest BCUT2D eigenvalue weighted by molar-refractivity contribution is -0.133. The summed E-state index contributed by atoms with van der Waals surface area (Å²) in [5.74, 6) is -0.873. The summed E-state index contributed by atoms with van der Waals surface area (Å²) in [5, 5.41) is 7.53. The Labute approximate surface area is 174 Å². The van der Waals surface area contributed by atoms with Crippen LogP contribution in [-0.4, -0.2) is 29.3 Å². The van der Waals surface area contributed by atoms with Gasteiger partial charge in [0, 0.05) is 5.69 Å². The number of nitrogens with one attached hydrogen (secondary N) is 2. The molecule has 3 aromatic rings. The molecule has 1 unspecified atom stereocenters. The van der Waals surface area contributed by atoms with Crippen LogP contribution in [0, 0.1) is 13.8 Å². The van der Waals surface area contributed by atoms with E-state index in [4.69, 9.17) is 0 Å². The topological polar surface area (TPSA) is 78.5 Å². The first kappa shape index (κ1) is 19.6. The van der Waals surface area contributed by atoms with Gasteiger partial charge in [0.25, 0.3) is 5.91 Å². The van der Waals surface area contributed by atoms with E-state index < -0.39 is 23.4 Å². The lowest BCUT2D eigenvalue weighted by atomic mass is 9.90.